The van der Waals surface area contributed by atoms with Crippen LogP contribution >= 0.6 is 11.3 Å². The second-order valence-corrected chi connectivity index (χ2v) is 24.8. The minimum atomic E-state index is -0.478. The van der Waals surface area contributed by atoms with Gasteiger partial charge < -0.3 is 4.90 Å². The van der Waals surface area contributed by atoms with Gasteiger partial charge in [-0.05, 0) is 143 Å². The average molecular weight is 936 g/mol. The molecule has 1 nitrogen and oxygen atoms in total. The maximum atomic E-state index is 2.57. The molecule has 71 heavy (non-hydrogen) atoms. The molecule has 0 fully saturated rings. The standard InChI is InChI=1S/C69H61NS/c1-65(2,3)44-37-52-51-40-59-53(41-62(51)71-64(52)60(38-44)66(4,5)6)63-57(68(59,9)10)29-20-30-61(63)70(46-35-36-50-47-23-14-17-26-54(47)67(7,8)58(50)39-46)45-33-31-43(32-34-45)69(42-21-12-11-13-22-42)55-27-18-15-24-48(55)49-25-16-19-28-56(49)69/h11-41H,1-10H3. The summed E-state index contributed by atoms with van der Waals surface area (Å²) in [6.45, 7) is 23.8. The van der Waals surface area contributed by atoms with Gasteiger partial charge >= 0.3 is 0 Å². The van der Waals surface area contributed by atoms with Crippen molar-refractivity contribution in [3.8, 4) is 33.4 Å². The van der Waals surface area contributed by atoms with Gasteiger partial charge in [0, 0.05) is 47.9 Å². The van der Waals surface area contributed by atoms with Gasteiger partial charge in [-0.3, -0.25) is 0 Å². The van der Waals surface area contributed by atoms with Crippen LogP contribution in [-0.2, 0) is 27.1 Å². The van der Waals surface area contributed by atoms with E-state index < -0.39 is 5.41 Å². The number of nitrogens with zero attached hydrogens (tertiary/aromatic N) is 1. The SMILES string of the molecule is CC(C)(C)c1cc(C(C)(C)C)c2sc3cc4c(cc3c2c1)C(C)(C)c1cccc(N(c2ccc(C3(c5ccccc5)c5ccccc5-c5ccccc53)cc2)c2ccc3c(c2)C(C)(C)c2ccccc2-3)c1-4. The Labute approximate surface area is 424 Å². The molecule has 0 aliphatic heterocycles. The molecule has 13 rings (SSSR count). The number of fused-ring (bicyclic) bond motifs is 12. The normalized spacial score (nSPS) is 15.5. The predicted octanol–water partition coefficient (Wildman–Crippen LogP) is 19.1. The Morgan fingerprint density at radius 1 is 0.394 bits per heavy atom. The lowest BCUT2D eigenvalue weighted by molar-refractivity contribution is 0.573. The second-order valence-electron chi connectivity index (χ2n) is 23.7. The minimum absolute atomic E-state index is 0.00920. The Kier molecular flexibility index (Phi) is 9.30. The molecule has 3 aliphatic rings. The van der Waals surface area contributed by atoms with E-state index in [9.17, 15) is 0 Å². The smallest absolute Gasteiger partial charge is 0.0713 e. The Morgan fingerprint density at radius 3 is 1.58 bits per heavy atom. The largest absolute Gasteiger partial charge is 0.310 e. The summed E-state index contributed by atoms with van der Waals surface area (Å²) in [6, 6.07) is 72.3. The van der Waals surface area contributed by atoms with Gasteiger partial charge in [0.25, 0.3) is 0 Å². The number of rotatable bonds is 5. The summed E-state index contributed by atoms with van der Waals surface area (Å²) in [5.74, 6) is 0. The third-order valence-electron chi connectivity index (χ3n) is 16.8. The fraction of sp³-hybridized carbons (Fsp3) is 0.217. The number of hydrogen-bond acceptors (Lipinski definition) is 2. The van der Waals surface area contributed by atoms with E-state index in [1.54, 1.807) is 0 Å². The van der Waals surface area contributed by atoms with Gasteiger partial charge in [0.05, 0.1) is 11.1 Å². The molecule has 1 heterocycles. The molecule has 0 unspecified atom stereocenters. The van der Waals surface area contributed by atoms with E-state index in [4.69, 9.17) is 0 Å². The van der Waals surface area contributed by atoms with Crippen LogP contribution in [0.3, 0.4) is 0 Å². The van der Waals surface area contributed by atoms with E-state index in [2.05, 4.69) is 262 Å². The van der Waals surface area contributed by atoms with Gasteiger partial charge in [0.2, 0.25) is 0 Å². The summed E-state index contributed by atoms with van der Waals surface area (Å²) in [5, 5.41) is 2.76. The van der Waals surface area contributed by atoms with Crippen LogP contribution in [0.1, 0.15) is 125 Å². The first-order chi connectivity index (χ1) is 34.0. The highest BCUT2D eigenvalue weighted by molar-refractivity contribution is 7.26. The van der Waals surface area contributed by atoms with E-state index in [0.29, 0.717) is 0 Å². The summed E-state index contributed by atoms with van der Waals surface area (Å²) in [5.41, 5.74) is 24.2. The van der Waals surface area contributed by atoms with Crippen LogP contribution in [0.25, 0.3) is 53.6 Å². The summed E-state index contributed by atoms with van der Waals surface area (Å²) >= 11 is 1.98. The van der Waals surface area contributed by atoms with Crippen molar-refractivity contribution in [3.05, 3.63) is 244 Å². The quantitative estimate of drug-likeness (QED) is 0.166. The fourth-order valence-electron chi connectivity index (χ4n) is 13.1. The van der Waals surface area contributed by atoms with E-state index in [1.165, 1.54) is 121 Å². The number of benzene rings is 9. The zero-order chi connectivity index (χ0) is 49.0. The average Bonchev–Trinajstić information content (AvgIpc) is 4.02. The van der Waals surface area contributed by atoms with Crippen LogP contribution in [-0.4, -0.2) is 0 Å². The number of thiophene rings is 1. The maximum Gasteiger partial charge on any atom is 0.0713 e. The van der Waals surface area contributed by atoms with Crippen LogP contribution < -0.4 is 4.90 Å². The molecule has 0 saturated heterocycles. The Balaban J connectivity index is 1.05. The van der Waals surface area contributed by atoms with Crippen molar-refractivity contribution in [3.63, 3.8) is 0 Å². The van der Waals surface area contributed by atoms with Crippen molar-refractivity contribution >= 4 is 48.6 Å². The summed E-state index contributed by atoms with van der Waals surface area (Å²) in [6.07, 6.45) is 0. The van der Waals surface area contributed by atoms with Gasteiger partial charge in [-0.15, -0.1) is 11.3 Å². The lowest BCUT2D eigenvalue weighted by atomic mass is 9.68. The molecule has 0 amide bonds. The third-order valence-corrected chi connectivity index (χ3v) is 18.0. The number of hydrogen-bond donors (Lipinski definition) is 0. The van der Waals surface area contributed by atoms with E-state index in [-0.39, 0.29) is 21.7 Å². The van der Waals surface area contributed by atoms with Crippen molar-refractivity contribution in [2.24, 2.45) is 0 Å². The molecule has 0 atom stereocenters. The molecule has 9 aromatic carbocycles. The molecule has 0 spiro atoms. The van der Waals surface area contributed by atoms with Crippen molar-refractivity contribution in [1.29, 1.82) is 0 Å². The Hall–Kier alpha value is -7.00. The van der Waals surface area contributed by atoms with Gasteiger partial charge in [-0.25, -0.2) is 0 Å². The van der Waals surface area contributed by atoms with Crippen LogP contribution in [0.4, 0.5) is 17.1 Å². The Morgan fingerprint density at radius 2 is 0.930 bits per heavy atom. The lowest BCUT2D eigenvalue weighted by Gasteiger charge is -2.35. The second kappa shape index (κ2) is 15.0. The van der Waals surface area contributed by atoms with Crippen LogP contribution in [0.2, 0.25) is 0 Å². The zero-order valence-electron chi connectivity index (χ0n) is 42.8. The highest BCUT2D eigenvalue weighted by Crippen LogP contribution is 2.60. The summed E-state index contributed by atoms with van der Waals surface area (Å²) in [4.78, 5) is 2.57. The van der Waals surface area contributed by atoms with Gasteiger partial charge in [0.1, 0.15) is 0 Å². The maximum absolute atomic E-state index is 2.57. The van der Waals surface area contributed by atoms with Crippen molar-refractivity contribution in [2.45, 2.75) is 96.3 Å². The lowest BCUT2D eigenvalue weighted by Crippen LogP contribution is -2.28. The van der Waals surface area contributed by atoms with E-state index >= 15 is 0 Å². The van der Waals surface area contributed by atoms with Crippen LogP contribution in [0.15, 0.2) is 188 Å². The first kappa shape index (κ1) is 44.0. The molecule has 0 radical (unpaired) electrons. The molecular formula is C69H61NS. The molecule has 3 aliphatic carbocycles. The van der Waals surface area contributed by atoms with Crippen molar-refractivity contribution in [2.75, 3.05) is 4.90 Å². The molecule has 0 saturated carbocycles. The van der Waals surface area contributed by atoms with E-state index in [1.807, 2.05) is 11.3 Å². The minimum Gasteiger partial charge on any atom is -0.310 e. The van der Waals surface area contributed by atoms with Crippen molar-refractivity contribution in [1.82, 2.24) is 0 Å². The molecule has 0 N–H and O–H groups in total. The third kappa shape index (κ3) is 6.16. The number of anilines is 3. The molecule has 0 bridgehead atoms. The van der Waals surface area contributed by atoms with E-state index in [0.717, 1.165) is 5.69 Å². The molecule has 2 heteroatoms. The van der Waals surface area contributed by atoms with Crippen LogP contribution in [0, 0.1) is 0 Å². The summed E-state index contributed by atoms with van der Waals surface area (Å²) in [7, 11) is 0. The van der Waals surface area contributed by atoms with Crippen LogP contribution in [0.5, 0.6) is 0 Å². The van der Waals surface area contributed by atoms with Gasteiger partial charge in [-0.2, -0.15) is 0 Å². The Bertz CT molecular complexity index is 3780. The highest BCUT2D eigenvalue weighted by Gasteiger charge is 2.46. The van der Waals surface area contributed by atoms with Crippen molar-refractivity contribution < 1.29 is 0 Å². The molecular weight excluding hydrogens is 875 g/mol. The highest BCUT2D eigenvalue weighted by atomic mass is 32.1. The fourth-order valence-corrected chi connectivity index (χ4v) is 14.6. The monoisotopic (exact) mass is 935 g/mol. The van der Waals surface area contributed by atoms with Gasteiger partial charge in [0.15, 0.2) is 0 Å². The first-order valence-electron chi connectivity index (χ1n) is 25.6. The first-order valence-corrected chi connectivity index (χ1v) is 26.4. The predicted molar refractivity (Wildman–Crippen MR) is 304 cm³/mol. The molecule has 1 aromatic heterocycles. The molecule has 348 valence electrons. The topological polar surface area (TPSA) is 3.24 Å². The van der Waals surface area contributed by atoms with Gasteiger partial charge in [-0.1, -0.05) is 209 Å². The summed E-state index contributed by atoms with van der Waals surface area (Å²) < 4.78 is 2.77. The molecule has 10 aromatic rings. The zero-order valence-corrected chi connectivity index (χ0v) is 43.6.